The van der Waals surface area contributed by atoms with Crippen molar-refractivity contribution in [3.63, 3.8) is 0 Å². The van der Waals surface area contributed by atoms with Gasteiger partial charge in [0.25, 0.3) is 0 Å². The number of nitrogens with one attached hydrogen (secondary N) is 1. The summed E-state index contributed by atoms with van der Waals surface area (Å²) in [5.74, 6) is -3.51. The molecule has 0 aliphatic rings. The molecule has 0 aliphatic carbocycles. The Labute approximate surface area is 170 Å². The molecule has 1 unspecified atom stereocenters. The third kappa shape index (κ3) is 4.99. The number of hydrogen-bond acceptors (Lipinski definition) is 5. The van der Waals surface area contributed by atoms with Gasteiger partial charge in [-0.2, -0.15) is 5.26 Å². The van der Waals surface area contributed by atoms with Crippen LogP contribution in [0.25, 0.3) is 0 Å². The quantitative estimate of drug-likeness (QED) is 0.553. The van der Waals surface area contributed by atoms with Gasteiger partial charge in [0.15, 0.2) is 21.5 Å². The highest BCUT2D eigenvalue weighted by Crippen LogP contribution is 2.27. The lowest BCUT2D eigenvalue weighted by molar-refractivity contribution is -0.117. The van der Waals surface area contributed by atoms with E-state index in [-0.39, 0.29) is 26.2 Å². The Morgan fingerprint density at radius 2 is 1.74 bits per heavy atom. The predicted molar refractivity (Wildman–Crippen MR) is 103 cm³/mol. The number of nitrogens with zero attached hydrogens (tertiary/aromatic N) is 1. The monoisotopic (exact) mass is 444 g/mol. The average molecular weight is 446 g/mol. The molecule has 27 heavy (non-hydrogen) atoms. The number of carbonyl (C=O) groups excluding carboxylic acids is 2. The van der Waals surface area contributed by atoms with Crippen LogP contribution < -0.4 is 5.32 Å². The highest BCUT2D eigenvalue weighted by atomic mass is 35.5. The van der Waals surface area contributed by atoms with E-state index in [0.717, 1.165) is 12.3 Å². The molecule has 1 N–H and O–H groups in total. The lowest BCUT2D eigenvalue weighted by Crippen LogP contribution is -2.29. The summed E-state index contributed by atoms with van der Waals surface area (Å²) in [5.41, 5.74) is 0.0378. The first-order chi connectivity index (χ1) is 12.5. The Morgan fingerprint density at radius 3 is 2.30 bits per heavy atom. The largest absolute Gasteiger partial charge is 0.323 e. The first-order valence-corrected chi connectivity index (χ1v) is 10.3. The summed E-state index contributed by atoms with van der Waals surface area (Å²) in [7, 11) is -3.70. The third-order valence-corrected chi connectivity index (χ3v) is 5.58. The summed E-state index contributed by atoms with van der Waals surface area (Å²) >= 11 is 17.6. The van der Waals surface area contributed by atoms with Crippen molar-refractivity contribution in [3.05, 3.63) is 57.0 Å². The summed E-state index contributed by atoms with van der Waals surface area (Å²) in [6, 6.07) is 9.39. The van der Waals surface area contributed by atoms with Gasteiger partial charge in [0, 0.05) is 16.8 Å². The van der Waals surface area contributed by atoms with Crippen LogP contribution in [0.2, 0.25) is 15.1 Å². The van der Waals surface area contributed by atoms with E-state index < -0.39 is 27.4 Å². The molecule has 2 aromatic carbocycles. The number of amides is 1. The van der Waals surface area contributed by atoms with Gasteiger partial charge in [-0.25, -0.2) is 8.42 Å². The lowest BCUT2D eigenvalue weighted by Gasteiger charge is -2.12. The maximum atomic E-state index is 12.6. The first-order valence-electron chi connectivity index (χ1n) is 7.24. The van der Waals surface area contributed by atoms with Gasteiger partial charge in [-0.1, -0.05) is 34.8 Å². The summed E-state index contributed by atoms with van der Waals surface area (Å²) < 4.78 is 23.5. The molecule has 0 aromatic heterocycles. The Hall–Kier alpha value is -2.11. The summed E-state index contributed by atoms with van der Waals surface area (Å²) in [6.07, 6.45) is 0.930. The van der Waals surface area contributed by atoms with Crippen molar-refractivity contribution in [2.75, 3.05) is 11.6 Å². The van der Waals surface area contributed by atoms with Gasteiger partial charge >= 0.3 is 0 Å². The van der Waals surface area contributed by atoms with E-state index in [1.165, 1.54) is 30.3 Å². The lowest BCUT2D eigenvalue weighted by atomic mass is 9.98. The van der Waals surface area contributed by atoms with Crippen molar-refractivity contribution in [1.29, 1.82) is 5.26 Å². The van der Waals surface area contributed by atoms with E-state index in [1.807, 2.05) is 0 Å². The minimum absolute atomic E-state index is 0.0695. The topological polar surface area (TPSA) is 104 Å². The molecule has 0 bridgehead atoms. The average Bonchev–Trinajstić information content (AvgIpc) is 2.57. The van der Waals surface area contributed by atoms with Crippen molar-refractivity contribution >= 4 is 62.0 Å². The van der Waals surface area contributed by atoms with E-state index >= 15 is 0 Å². The maximum Gasteiger partial charge on any atom is 0.249 e. The zero-order valence-electron chi connectivity index (χ0n) is 13.7. The normalized spacial score (nSPS) is 12.1. The van der Waals surface area contributed by atoms with Crippen LogP contribution in [0, 0.1) is 17.2 Å². The summed E-state index contributed by atoms with van der Waals surface area (Å²) in [6.45, 7) is 0. The van der Waals surface area contributed by atoms with Crippen LogP contribution in [0.3, 0.4) is 0 Å². The van der Waals surface area contributed by atoms with Crippen molar-refractivity contribution in [1.82, 2.24) is 0 Å². The molecule has 2 aromatic rings. The second-order valence-corrected chi connectivity index (χ2v) is 8.69. The Kier molecular flexibility index (Phi) is 6.50. The molecular formula is C17H11Cl3N2O4S. The maximum absolute atomic E-state index is 12.6. The SMILES string of the molecule is CS(=O)(=O)c1cc(C(=O)C(C#N)C(=O)Nc2ccc(Cl)cc2Cl)ccc1Cl. The van der Waals surface area contributed by atoms with Crippen LogP contribution in [-0.2, 0) is 14.6 Å². The number of sulfone groups is 1. The second kappa shape index (κ2) is 8.28. The van der Waals surface area contributed by atoms with E-state index in [1.54, 1.807) is 6.07 Å². The van der Waals surface area contributed by atoms with Crippen molar-refractivity contribution < 1.29 is 18.0 Å². The first kappa shape index (κ1) is 21.2. The number of nitriles is 1. The molecule has 0 saturated heterocycles. The molecule has 0 radical (unpaired) electrons. The van der Waals surface area contributed by atoms with Crippen LogP contribution >= 0.6 is 34.8 Å². The highest BCUT2D eigenvalue weighted by molar-refractivity contribution is 7.90. The number of halogens is 3. The van der Waals surface area contributed by atoms with Gasteiger partial charge in [-0.15, -0.1) is 0 Å². The molecule has 2 rings (SSSR count). The Balaban J connectivity index is 2.33. The number of ketones is 1. The van der Waals surface area contributed by atoms with E-state index in [2.05, 4.69) is 5.32 Å². The Bertz CT molecular complexity index is 1080. The smallest absolute Gasteiger partial charge is 0.249 e. The highest BCUT2D eigenvalue weighted by Gasteiger charge is 2.29. The van der Waals surface area contributed by atoms with E-state index in [9.17, 15) is 23.3 Å². The molecule has 0 fully saturated rings. The standard InChI is InChI=1S/C17H11Cl3N2O4S/c1-27(25,26)15-6-9(2-4-12(15)19)16(23)11(8-21)17(24)22-14-5-3-10(18)7-13(14)20/h2-7,11H,1H3,(H,22,24). The minimum atomic E-state index is -3.70. The minimum Gasteiger partial charge on any atom is -0.323 e. The fourth-order valence-corrected chi connectivity index (χ4v) is 3.90. The molecule has 140 valence electrons. The van der Waals surface area contributed by atoms with Gasteiger partial charge in [0.1, 0.15) is 0 Å². The van der Waals surface area contributed by atoms with Crippen LogP contribution in [0.4, 0.5) is 5.69 Å². The number of carbonyl (C=O) groups is 2. The molecule has 6 nitrogen and oxygen atoms in total. The number of rotatable bonds is 5. The summed E-state index contributed by atoms with van der Waals surface area (Å²) in [5, 5.41) is 12.1. The molecular weight excluding hydrogens is 435 g/mol. The fourth-order valence-electron chi connectivity index (χ4n) is 2.14. The molecule has 0 saturated carbocycles. The molecule has 1 amide bonds. The van der Waals surface area contributed by atoms with Crippen LogP contribution in [-0.4, -0.2) is 26.4 Å². The molecule has 0 heterocycles. The van der Waals surface area contributed by atoms with Gasteiger partial charge in [0.05, 0.1) is 26.7 Å². The van der Waals surface area contributed by atoms with Crippen LogP contribution in [0.5, 0.6) is 0 Å². The van der Waals surface area contributed by atoms with Crippen LogP contribution in [0.1, 0.15) is 10.4 Å². The number of hydrogen-bond donors (Lipinski definition) is 1. The summed E-state index contributed by atoms with van der Waals surface area (Å²) in [4.78, 5) is 24.6. The third-order valence-electron chi connectivity index (χ3n) is 3.46. The van der Waals surface area contributed by atoms with Gasteiger partial charge in [0.2, 0.25) is 5.91 Å². The predicted octanol–water partition coefficient (Wildman–Crippen LogP) is 4.01. The molecule has 10 heteroatoms. The Morgan fingerprint density at radius 1 is 1.07 bits per heavy atom. The van der Waals surface area contributed by atoms with Gasteiger partial charge in [-0.3, -0.25) is 9.59 Å². The van der Waals surface area contributed by atoms with Crippen molar-refractivity contribution in [3.8, 4) is 6.07 Å². The van der Waals surface area contributed by atoms with Crippen molar-refractivity contribution in [2.24, 2.45) is 5.92 Å². The second-order valence-electron chi connectivity index (χ2n) is 5.46. The number of Topliss-reactive ketones (excluding diaryl/α,β-unsaturated/α-hetero) is 1. The van der Waals surface area contributed by atoms with Gasteiger partial charge < -0.3 is 5.32 Å². The molecule has 0 aliphatic heterocycles. The zero-order chi connectivity index (χ0) is 20.4. The molecule has 0 spiro atoms. The number of anilines is 1. The number of benzene rings is 2. The van der Waals surface area contributed by atoms with Gasteiger partial charge in [-0.05, 0) is 36.4 Å². The zero-order valence-corrected chi connectivity index (χ0v) is 16.7. The fraction of sp³-hybridized carbons (Fsp3) is 0.118. The van der Waals surface area contributed by atoms with E-state index in [4.69, 9.17) is 34.8 Å². The van der Waals surface area contributed by atoms with Crippen LogP contribution in [0.15, 0.2) is 41.3 Å². The molecule has 1 atom stereocenters. The van der Waals surface area contributed by atoms with Crippen molar-refractivity contribution in [2.45, 2.75) is 4.90 Å². The van der Waals surface area contributed by atoms with E-state index in [0.29, 0.717) is 5.02 Å².